The van der Waals surface area contributed by atoms with E-state index in [9.17, 15) is 9.18 Å². The molecule has 0 radical (unpaired) electrons. The highest BCUT2D eigenvalue weighted by atomic mass is 35.5. The van der Waals surface area contributed by atoms with E-state index in [-0.39, 0.29) is 23.2 Å². The summed E-state index contributed by atoms with van der Waals surface area (Å²) in [6, 6.07) is 15.3. The number of benzene rings is 2. The van der Waals surface area contributed by atoms with E-state index < -0.39 is 5.82 Å². The molecule has 0 saturated carbocycles. The number of para-hydroxylation sites is 1. The summed E-state index contributed by atoms with van der Waals surface area (Å²) in [4.78, 5) is 20.8. The summed E-state index contributed by atoms with van der Waals surface area (Å²) in [5.74, 6) is -0.564. The first kappa shape index (κ1) is 18.8. The van der Waals surface area contributed by atoms with Crippen molar-refractivity contribution < 1.29 is 9.18 Å². The molecule has 0 spiro atoms. The fourth-order valence-electron chi connectivity index (χ4n) is 2.49. The van der Waals surface area contributed by atoms with Crippen LogP contribution in [0.2, 0.25) is 5.02 Å². The van der Waals surface area contributed by atoms with Crippen LogP contribution in [0, 0.1) is 12.7 Å². The first-order valence-corrected chi connectivity index (χ1v) is 8.79. The highest BCUT2D eigenvalue weighted by molar-refractivity contribution is 6.30. The van der Waals surface area contributed by atoms with Crippen molar-refractivity contribution in [2.45, 2.75) is 13.3 Å². The Morgan fingerprint density at radius 2 is 1.85 bits per heavy atom. The van der Waals surface area contributed by atoms with Gasteiger partial charge in [0.15, 0.2) is 0 Å². The molecule has 0 aliphatic rings. The second-order valence-corrected chi connectivity index (χ2v) is 6.39. The fraction of sp³-hybridized carbons (Fsp3) is 0.150. The van der Waals surface area contributed by atoms with Gasteiger partial charge in [0, 0.05) is 17.3 Å². The Hall–Kier alpha value is -2.99. The van der Waals surface area contributed by atoms with E-state index in [2.05, 4.69) is 20.6 Å². The lowest BCUT2D eigenvalue weighted by Gasteiger charge is -2.09. The third-order valence-corrected chi connectivity index (χ3v) is 4.07. The molecule has 0 atom stereocenters. The van der Waals surface area contributed by atoms with E-state index in [1.165, 1.54) is 6.07 Å². The number of nitrogens with one attached hydrogen (secondary N) is 2. The van der Waals surface area contributed by atoms with E-state index in [4.69, 9.17) is 11.6 Å². The Labute approximate surface area is 161 Å². The van der Waals surface area contributed by atoms with Gasteiger partial charge in [0.1, 0.15) is 11.5 Å². The summed E-state index contributed by atoms with van der Waals surface area (Å²) < 4.78 is 13.8. The molecular weight excluding hydrogens is 367 g/mol. The maximum atomic E-state index is 13.8. The summed E-state index contributed by atoms with van der Waals surface area (Å²) in [6.07, 6.45) is 0.674. The third kappa shape index (κ3) is 5.24. The molecule has 0 fully saturated rings. The second-order valence-electron chi connectivity index (χ2n) is 5.96. The summed E-state index contributed by atoms with van der Waals surface area (Å²) in [5.41, 5.74) is 2.14. The summed E-state index contributed by atoms with van der Waals surface area (Å²) in [6.45, 7) is 2.21. The van der Waals surface area contributed by atoms with Crippen LogP contribution in [0.1, 0.15) is 21.7 Å². The maximum Gasteiger partial charge on any atom is 0.270 e. The third-order valence-electron chi connectivity index (χ3n) is 3.82. The minimum Gasteiger partial charge on any atom is -0.350 e. The molecule has 3 aromatic rings. The van der Waals surface area contributed by atoms with Gasteiger partial charge in [-0.2, -0.15) is 0 Å². The van der Waals surface area contributed by atoms with Gasteiger partial charge in [-0.15, -0.1) is 0 Å². The van der Waals surface area contributed by atoms with Gasteiger partial charge in [-0.05, 0) is 49.2 Å². The van der Waals surface area contributed by atoms with E-state index in [1.54, 1.807) is 31.2 Å². The maximum absolute atomic E-state index is 13.8. The van der Waals surface area contributed by atoms with Crippen LogP contribution in [0.5, 0.6) is 0 Å². The zero-order valence-electron chi connectivity index (χ0n) is 14.7. The number of aryl methyl sites for hydroxylation is 1. The first-order valence-electron chi connectivity index (χ1n) is 8.41. The van der Waals surface area contributed by atoms with Gasteiger partial charge in [0.2, 0.25) is 5.95 Å². The van der Waals surface area contributed by atoms with Gasteiger partial charge in [-0.3, -0.25) is 4.79 Å². The molecule has 0 unspecified atom stereocenters. The average Bonchev–Trinajstić information content (AvgIpc) is 2.65. The average molecular weight is 385 g/mol. The molecule has 0 bridgehead atoms. The van der Waals surface area contributed by atoms with Gasteiger partial charge in [0.05, 0.1) is 5.69 Å². The van der Waals surface area contributed by atoms with Crippen molar-refractivity contribution in [3.63, 3.8) is 0 Å². The molecule has 2 N–H and O–H groups in total. The molecule has 1 aromatic heterocycles. The predicted molar refractivity (Wildman–Crippen MR) is 104 cm³/mol. The van der Waals surface area contributed by atoms with Crippen LogP contribution in [0.4, 0.5) is 16.0 Å². The van der Waals surface area contributed by atoms with E-state index in [0.29, 0.717) is 23.7 Å². The number of carbonyl (C=O) groups excluding carboxylic acids is 1. The van der Waals surface area contributed by atoms with Gasteiger partial charge in [-0.1, -0.05) is 35.9 Å². The molecule has 7 heteroatoms. The topological polar surface area (TPSA) is 66.9 Å². The van der Waals surface area contributed by atoms with Crippen molar-refractivity contribution in [2.75, 3.05) is 11.9 Å². The van der Waals surface area contributed by atoms with Gasteiger partial charge in [0.25, 0.3) is 5.91 Å². The van der Waals surface area contributed by atoms with Crippen LogP contribution in [0.3, 0.4) is 0 Å². The summed E-state index contributed by atoms with van der Waals surface area (Å²) >= 11 is 5.86. The van der Waals surface area contributed by atoms with Crippen LogP contribution >= 0.6 is 11.6 Å². The van der Waals surface area contributed by atoms with E-state index >= 15 is 0 Å². The number of amides is 1. The zero-order chi connectivity index (χ0) is 19.2. The van der Waals surface area contributed by atoms with Crippen LogP contribution in [0.15, 0.2) is 54.6 Å². The Bertz CT molecular complexity index is 947. The zero-order valence-corrected chi connectivity index (χ0v) is 15.4. The van der Waals surface area contributed by atoms with Gasteiger partial charge >= 0.3 is 0 Å². The second kappa shape index (κ2) is 8.60. The number of nitrogens with zero attached hydrogens (tertiary/aromatic N) is 2. The van der Waals surface area contributed by atoms with Gasteiger partial charge < -0.3 is 10.6 Å². The van der Waals surface area contributed by atoms with Crippen molar-refractivity contribution in [1.82, 2.24) is 15.3 Å². The summed E-state index contributed by atoms with van der Waals surface area (Å²) in [7, 11) is 0. The minimum atomic E-state index is -0.420. The molecule has 27 heavy (non-hydrogen) atoms. The highest BCUT2D eigenvalue weighted by Gasteiger charge is 2.11. The molecule has 0 saturated heterocycles. The molecule has 1 amide bonds. The Morgan fingerprint density at radius 3 is 2.59 bits per heavy atom. The van der Waals surface area contributed by atoms with Crippen molar-refractivity contribution in [3.8, 4) is 0 Å². The lowest BCUT2D eigenvalue weighted by molar-refractivity contribution is 0.0949. The molecule has 2 aromatic carbocycles. The van der Waals surface area contributed by atoms with Crippen LogP contribution in [0.25, 0.3) is 0 Å². The molecule has 5 nitrogen and oxygen atoms in total. The molecule has 138 valence electrons. The molecule has 1 heterocycles. The lowest BCUT2D eigenvalue weighted by atomic mass is 10.1. The number of anilines is 2. The Kier molecular flexibility index (Phi) is 5.98. The smallest absolute Gasteiger partial charge is 0.270 e. The number of hydrogen-bond donors (Lipinski definition) is 2. The van der Waals surface area contributed by atoms with Gasteiger partial charge in [-0.25, -0.2) is 14.4 Å². The summed E-state index contributed by atoms with van der Waals surface area (Å²) in [5, 5.41) is 6.31. The minimum absolute atomic E-state index is 0.169. The molecule has 3 rings (SSSR count). The highest BCUT2D eigenvalue weighted by Crippen LogP contribution is 2.17. The predicted octanol–water partition coefficient (Wildman–Crippen LogP) is 4.29. The van der Waals surface area contributed by atoms with Crippen LogP contribution in [-0.4, -0.2) is 22.4 Å². The molecule has 0 aliphatic carbocycles. The van der Waals surface area contributed by atoms with E-state index in [0.717, 1.165) is 5.56 Å². The standard InChI is InChI=1S/C20H18ClFN4O/c1-13-12-18(19(27)23-11-10-14-6-8-15(21)9-7-14)26-20(24-13)25-17-5-3-2-4-16(17)22/h2-9,12H,10-11H2,1H3,(H,23,27)(H,24,25,26). The largest absolute Gasteiger partial charge is 0.350 e. The Morgan fingerprint density at radius 1 is 1.11 bits per heavy atom. The van der Waals surface area contributed by atoms with Crippen LogP contribution < -0.4 is 10.6 Å². The lowest BCUT2D eigenvalue weighted by Crippen LogP contribution is -2.27. The first-order chi connectivity index (χ1) is 13.0. The number of rotatable bonds is 6. The van der Waals surface area contributed by atoms with Crippen molar-refractivity contribution >= 4 is 29.1 Å². The molecule has 0 aliphatic heterocycles. The number of aromatic nitrogens is 2. The van der Waals surface area contributed by atoms with Crippen molar-refractivity contribution in [1.29, 1.82) is 0 Å². The number of carbonyl (C=O) groups is 1. The van der Waals surface area contributed by atoms with Crippen LogP contribution in [-0.2, 0) is 6.42 Å². The monoisotopic (exact) mass is 384 g/mol. The normalized spacial score (nSPS) is 10.5. The number of halogens is 2. The SMILES string of the molecule is Cc1cc(C(=O)NCCc2ccc(Cl)cc2)nc(Nc2ccccc2F)n1. The fourth-order valence-corrected chi connectivity index (χ4v) is 2.61. The molecular formula is C20H18ClFN4O. The quantitative estimate of drug-likeness (QED) is 0.665. The Balaban J connectivity index is 1.65. The van der Waals surface area contributed by atoms with Crippen molar-refractivity contribution in [2.24, 2.45) is 0 Å². The number of hydrogen-bond acceptors (Lipinski definition) is 4. The van der Waals surface area contributed by atoms with Crippen molar-refractivity contribution in [3.05, 3.63) is 82.4 Å². The van der Waals surface area contributed by atoms with E-state index in [1.807, 2.05) is 24.3 Å².